The molecule has 0 bridgehead atoms. The Balaban J connectivity index is 0.00000196. The largest absolute Gasteiger partial charge is 0.473 e. The van der Waals surface area contributed by atoms with Crippen molar-refractivity contribution in [1.29, 1.82) is 0 Å². The molecule has 0 spiro atoms. The first-order chi connectivity index (χ1) is 12.2. The smallest absolute Gasteiger partial charge is 0.176 e. The highest BCUT2D eigenvalue weighted by atomic mass is 35.5. The van der Waals surface area contributed by atoms with Crippen molar-refractivity contribution in [3.63, 3.8) is 0 Å². The van der Waals surface area contributed by atoms with Gasteiger partial charge in [0.25, 0.3) is 0 Å². The summed E-state index contributed by atoms with van der Waals surface area (Å²) >= 11 is 0. The van der Waals surface area contributed by atoms with Crippen molar-refractivity contribution in [1.82, 2.24) is 5.32 Å². The quantitative estimate of drug-likeness (QED) is 0.661. The minimum Gasteiger partial charge on any atom is -0.473 e. The van der Waals surface area contributed by atoms with Crippen LogP contribution in [0.1, 0.15) is 24.5 Å². The number of aryl methyl sites for hydroxylation is 1. The second kappa shape index (κ2) is 8.12. The lowest BCUT2D eigenvalue weighted by atomic mass is 9.88. The van der Waals surface area contributed by atoms with Gasteiger partial charge in [0.15, 0.2) is 6.23 Å². The summed E-state index contributed by atoms with van der Waals surface area (Å²) in [7, 11) is 0. The van der Waals surface area contributed by atoms with Gasteiger partial charge in [-0.3, -0.25) is 5.32 Å². The Labute approximate surface area is 159 Å². The highest BCUT2D eigenvalue weighted by Crippen LogP contribution is 2.24. The van der Waals surface area contributed by atoms with Gasteiger partial charge in [0.1, 0.15) is 17.4 Å². The highest BCUT2D eigenvalue weighted by Gasteiger charge is 2.24. The number of hydrogen-bond acceptors (Lipinski definition) is 4. The van der Waals surface area contributed by atoms with Crippen molar-refractivity contribution in [2.75, 3.05) is 0 Å². The standard InChI is InChI=1S/C21H23NO3.ClH/c1-14(23)21(25-19-8-9-20-17(13-19)10-11-24-20)22-18-7-6-15-4-2-3-5-16(15)12-18;/h2-5,8-11,13-14,18,21-23H,6-7,12H2,1H3;1H. The molecule has 3 unspecified atom stereocenters. The van der Waals surface area contributed by atoms with E-state index in [1.807, 2.05) is 24.3 Å². The fraction of sp³-hybridized carbons (Fsp3) is 0.333. The summed E-state index contributed by atoms with van der Waals surface area (Å²) < 4.78 is 11.4. The Morgan fingerprint density at radius 1 is 1.15 bits per heavy atom. The molecule has 4 rings (SSSR count). The molecule has 26 heavy (non-hydrogen) atoms. The molecule has 0 aliphatic heterocycles. The first-order valence-corrected chi connectivity index (χ1v) is 8.84. The Morgan fingerprint density at radius 2 is 1.96 bits per heavy atom. The number of hydrogen-bond donors (Lipinski definition) is 2. The van der Waals surface area contributed by atoms with E-state index in [9.17, 15) is 5.11 Å². The normalized spacial score (nSPS) is 18.6. The molecule has 0 amide bonds. The molecule has 5 heteroatoms. The number of halogens is 1. The summed E-state index contributed by atoms with van der Waals surface area (Å²) in [5.41, 5.74) is 3.65. The van der Waals surface area contributed by atoms with Crippen LogP contribution < -0.4 is 10.1 Å². The summed E-state index contributed by atoms with van der Waals surface area (Å²) in [4.78, 5) is 0. The Bertz CT molecular complexity index is 861. The SMILES string of the molecule is CC(O)C(NC1CCc2ccccc2C1)Oc1ccc2occc2c1.Cl. The van der Waals surface area contributed by atoms with Gasteiger partial charge >= 0.3 is 0 Å². The van der Waals surface area contributed by atoms with Crippen molar-refractivity contribution in [2.45, 2.75) is 44.6 Å². The number of benzene rings is 2. The Morgan fingerprint density at radius 3 is 2.77 bits per heavy atom. The minimum atomic E-state index is -0.614. The summed E-state index contributed by atoms with van der Waals surface area (Å²) in [5.74, 6) is 0.725. The lowest BCUT2D eigenvalue weighted by Crippen LogP contribution is -2.49. The van der Waals surface area contributed by atoms with Crippen LogP contribution in [0.2, 0.25) is 0 Å². The van der Waals surface area contributed by atoms with Gasteiger partial charge in [-0.05, 0) is 61.6 Å². The fourth-order valence-corrected chi connectivity index (χ4v) is 3.51. The minimum absolute atomic E-state index is 0. The van der Waals surface area contributed by atoms with E-state index in [1.54, 1.807) is 13.2 Å². The zero-order chi connectivity index (χ0) is 17.2. The van der Waals surface area contributed by atoms with Gasteiger partial charge in [-0.15, -0.1) is 12.4 Å². The average Bonchev–Trinajstić information content (AvgIpc) is 3.09. The van der Waals surface area contributed by atoms with Gasteiger partial charge < -0.3 is 14.3 Å². The zero-order valence-electron chi connectivity index (χ0n) is 14.7. The number of fused-ring (bicyclic) bond motifs is 2. The van der Waals surface area contributed by atoms with E-state index in [4.69, 9.17) is 9.15 Å². The zero-order valence-corrected chi connectivity index (χ0v) is 15.5. The molecule has 4 nitrogen and oxygen atoms in total. The van der Waals surface area contributed by atoms with Gasteiger partial charge in [0.2, 0.25) is 0 Å². The molecule has 2 N–H and O–H groups in total. The van der Waals surface area contributed by atoms with Crippen LogP contribution in [0.15, 0.2) is 59.2 Å². The van der Waals surface area contributed by atoms with Crippen molar-refractivity contribution in [3.8, 4) is 5.75 Å². The Hall–Kier alpha value is -2.01. The second-order valence-corrected chi connectivity index (χ2v) is 6.77. The molecule has 2 aromatic carbocycles. The van der Waals surface area contributed by atoms with E-state index >= 15 is 0 Å². The first-order valence-electron chi connectivity index (χ1n) is 8.84. The number of rotatable bonds is 5. The van der Waals surface area contributed by atoms with E-state index in [2.05, 4.69) is 29.6 Å². The molecular formula is C21H24ClNO3. The number of furan rings is 1. The fourth-order valence-electron chi connectivity index (χ4n) is 3.51. The first kappa shape index (κ1) is 18.8. The van der Waals surface area contributed by atoms with Crippen LogP contribution in [0, 0.1) is 0 Å². The van der Waals surface area contributed by atoms with Gasteiger partial charge in [-0.25, -0.2) is 0 Å². The number of nitrogens with one attached hydrogen (secondary N) is 1. The van der Waals surface area contributed by atoms with E-state index in [0.717, 1.165) is 36.0 Å². The van der Waals surface area contributed by atoms with Crippen LogP contribution in [0.5, 0.6) is 5.75 Å². The van der Waals surface area contributed by atoms with Crippen molar-refractivity contribution < 1.29 is 14.3 Å². The maximum atomic E-state index is 10.2. The third-order valence-electron chi connectivity index (χ3n) is 4.87. The molecule has 0 radical (unpaired) electrons. The van der Waals surface area contributed by atoms with Crippen LogP contribution >= 0.6 is 12.4 Å². The molecular weight excluding hydrogens is 350 g/mol. The van der Waals surface area contributed by atoms with Gasteiger partial charge in [-0.2, -0.15) is 0 Å². The molecule has 3 atom stereocenters. The van der Waals surface area contributed by atoms with Crippen molar-refractivity contribution in [2.24, 2.45) is 0 Å². The summed E-state index contributed by atoms with van der Waals surface area (Å²) in [6.07, 6.45) is 3.67. The molecule has 3 aromatic rings. The maximum absolute atomic E-state index is 10.2. The summed E-state index contributed by atoms with van der Waals surface area (Å²) in [6.45, 7) is 1.75. The third kappa shape index (κ3) is 4.04. The molecule has 1 aromatic heterocycles. The molecule has 1 heterocycles. The monoisotopic (exact) mass is 373 g/mol. The lowest BCUT2D eigenvalue weighted by Gasteiger charge is -2.31. The van der Waals surface area contributed by atoms with E-state index in [1.165, 1.54) is 11.1 Å². The number of aliphatic hydroxyl groups excluding tert-OH is 1. The van der Waals surface area contributed by atoms with Gasteiger partial charge in [0, 0.05) is 11.4 Å². The third-order valence-corrected chi connectivity index (χ3v) is 4.87. The topological polar surface area (TPSA) is 54.6 Å². The highest BCUT2D eigenvalue weighted by molar-refractivity contribution is 5.85. The summed E-state index contributed by atoms with van der Waals surface area (Å²) in [5, 5.41) is 14.7. The van der Waals surface area contributed by atoms with E-state index in [0.29, 0.717) is 6.04 Å². The summed E-state index contributed by atoms with van der Waals surface area (Å²) in [6, 6.07) is 16.5. The lowest BCUT2D eigenvalue weighted by molar-refractivity contribution is 0.0181. The predicted octanol–water partition coefficient (Wildman–Crippen LogP) is 4.09. The number of ether oxygens (including phenoxy) is 1. The van der Waals surface area contributed by atoms with Gasteiger partial charge in [-0.1, -0.05) is 24.3 Å². The molecule has 0 saturated heterocycles. The van der Waals surface area contributed by atoms with Crippen LogP contribution in [-0.2, 0) is 12.8 Å². The average molecular weight is 374 g/mol. The predicted molar refractivity (Wildman–Crippen MR) is 105 cm³/mol. The number of aliphatic hydroxyl groups is 1. The van der Waals surface area contributed by atoms with Crippen LogP contribution in [-0.4, -0.2) is 23.5 Å². The van der Waals surface area contributed by atoms with E-state index < -0.39 is 12.3 Å². The van der Waals surface area contributed by atoms with Gasteiger partial charge in [0.05, 0.1) is 6.26 Å². The molecule has 1 aliphatic rings. The molecule has 138 valence electrons. The second-order valence-electron chi connectivity index (χ2n) is 6.77. The van der Waals surface area contributed by atoms with E-state index in [-0.39, 0.29) is 12.4 Å². The Kier molecular flexibility index (Phi) is 5.87. The van der Waals surface area contributed by atoms with Crippen molar-refractivity contribution >= 4 is 23.4 Å². The molecule has 0 fully saturated rings. The molecule has 0 saturated carbocycles. The van der Waals surface area contributed by atoms with Crippen LogP contribution in [0.3, 0.4) is 0 Å². The van der Waals surface area contributed by atoms with Crippen LogP contribution in [0.4, 0.5) is 0 Å². The van der Waals surface area contributed by atoms with Crippen LogP contribution in [0.25, 0.3) is 11.0 Å². The van der Waals surface area contributed by atoms with Crippen molar-refractivity contribution in [3.05, 3.63) is 65.9 Å². The maximum Gasteiger partial charge on any atom is 0.176 e. The molecule has 1 aliphatic carbocycles.